The van der Waals surface area contributed by atoms with Crippen LogP contribution >= 0.6 is 0 Å². The van der Waals surface area contributed by atoms with Crippen LogP contribution in [0.25, 0.3) is 11.1 Å². The van der Waals surface area contributed by atoms with Gasteiger partial charge in [-0.05, 0) is 53.8 Å². The van der Waals surface area contributed by atoms with Gasteiger partial charge < -0.3 is 20.9 Å². The predicted octanol–water partition coefficient (Wildman–Crippen LogP) is 4.24. The number of rotatable bonds is 8. The summed E-state index contributed by atoms with van der Waals surface area (Å²) in [5.41, 5.74) is 16.7. The van der Waals surface area contributed by atoms with E-state index in [1.807, 2.05) is 36.4 Å². The van der Waals surface area contributed by atoms with E-state index in [1.54, 1.807) is 7.11 Å². The van der Waals surface area contributed by atoms with Crippen LogP contribution in [0.1, 0.15) is 32.3 Å². The molecule has 24 heavy (non-hydrogen) atoms. The first-order valence-electron chi connectivity index (χ1n) is 8.47. The molecule has 0 amide bonds. The summed E-state index contributed by atoms with van der Waals surface area (Å²) in [6.07, 6.45) is 2.33. The lowest BCUT2D eigenvalue weighted by Crippen LogP contribution is -2.37. The number of anilines is 2. The first kappa shape index (κ1) is 18.3. The molecule has 0 radical (unpaired) electrons. The molecule has 0 aliphatic rings. The van der Waals surface area contributed by atoms with Crippen molar-refractivity contribution >= 4 is 11.4 Å². The first-order chi connectivity index (χ1) is 11.5. The molecule has 2 rings (SSSR count). The van der Waals surface area contributed by atoms with Gasteiger partial charge in [-0.2, -0.15) is 0 Å². The van der Waals surface area contributed by atoms with Crippen LogP contribution in [0.3, 0.4) is 0 Å². The Morgan fingerprint density at radius 1 is 0.958 bits per heavy atom. The van der Waals surface area contributed by atoms with E-state index in [4.69, 9.17) is 20.9 Å². The Morgan fingerprint density at radius 2 is 1.62 bits per heavy atom. The lowest BCUT2D eigenvalue weighted by Gasteiger charge is -2.32. The summed E-state index contributed by atoms with van der Waals surface area (Å²) < 4.78 is 11.7. The van der Waals surface area contributed by atoms with Gasteiger partial charge in [0.15, 0.2) is 5.79 Å². The Hall–Kier alpha value is -2.04. The number of ether oxygens (including phenoxy) is 2. The Balaban J connectivity index is 2.32. The Bertz CT molecular complexity index is 649. The van der Waals surface area contributed by atoms with Gasteiger partial charge in [0, 0.05) is 31.5 Å². The first-order valence-corrected chi connectivity index (χ1v) is 8.47. The van der Waals surface area contributed by atoms with Crippen LogP contribution in [0.15, 0.2) is 42.5 Å². The van der Waals surface area contributed by atoms with E-state index in [0.717, 1.165) is 40.9 Å². The van der Waals surface area contributed by atoms with E-state index in [-0.39, 0.29) is 0 Å². The molecule has 4 nitrogen and oxygen atoms in total. The van der Waals surface area contributed by atoms with Crippen LogP contribution < -0.4 is 11.5 Å². The quantitative estimate of drug-likeness (QED) is 0.561. The number of nitrogen functional groups attached to an aromatic ring is 2. The molecule has 2 aromatic carbocycles. The van der Waals surface area contributed by atoms with Crippen molar-refractivity contribution in [2.45, 2.75) is 38.9 Å². The number of methoxy groups -OCH3 is 1. The zero-order valence-electron chi connectivity index (χ0n) is 14.8. The van der Waals surface area contributed by atoms with Gasteiger partial charge in [0.2, 0.25) is 0 Å². The van der Waals surface area contributed by atoms with Crippen molar-refractivity contribution in [2.75, 3.05) is 25.2 Å². The molecule has 0 aromatic heterocycles. The molecular weight excluding hydrogens is 300 g/mol. The lowest BCUT2D eigenvalue weighted by atomic mass is 9.96. The van der Waals surface area contributed by atoms with Crippen LogP contribution in [0.2, 0.25) is 0 Å². The minimum atomic E-state index is -0.635. The maximum absolute atomic E-state index is 6.21. The Kier molecular flexibility index (Phi) is 6.23. The third-order valence-corrected chi connectivity index (χ3v) is 4.33. The number of benzene rings is 2. The van der Waals surface area contributed by atoms with Crippen LogP contribution in [-0.2, 0) is 15.9 Å². The summed E-state index contributed by atoms with van der Waals surface area (Å²) in [7, 11) is 1.69. The van der Waals surface area contributed by atoms with Crippen LogP contribution in [0, 0.1) is 0 Å². The average molecular weight is 328 g/mol. The van der Waals surface area contributed by atoms with Crippen molar-refractivity contribution < 1.29 is 9.47 Å². The minimum absolute atomic E-state index is 0.620. The molecular formula is C20H28N2O2. The van der Waals surface area contributed by atoms with Gasteiger partial charge in [-0.3, -0.25) is 0 Å². The van der Waals surface area contributed by atoms with Crippen molar-refractivity contribution in [2.24, 2.45) is 0 Å². The largest absolute Gasteiger partial charge is 0.399 e. The fourth-order valence-electron chi connectivity index (χ4n) is 2.75. The standard InChI is InChI=1S/C20H28N2O2/c1-4-12-24-20(5-2,23-3)14-17-13-16(8-11-19(17)22)15-6-9-18(21)10-7-15/h6-11,13H,4-5,12,14,21-22H2,1-3H3. The van der Waals surface area contributed by atoms with Gasteiger partial charge in [0.25, 0.3) is 0 Å². The SMILES string of the molecule is CCCOC(CC)(Cc1cc(-c2ccc(N)cc2)ccc1N)OC. The number of nitrogens with two attached hydrogens (primary N) is 2. The molecule has 0 saturated carbocycles. The Morgan fingerprint density at radius 3 is 2.21 bits per heavy atom. The molecule has 0 bridgehead atoms. The molecule has 0 heterocycles. The molecule has 2 aromatic rings. The van der Waals surface area contributed by atoms with Crippen molar-refractivity contribution in [1.82, 2.24) is 0 Å². The Labute approximate surface area is 144 Å². The highest BCUT2D eigenvalue weighted by Crippen LogP contribution is 2.30. The van der Waals surface area contributed by atoms with Crippen LogP contribution in [-0.4, -0.2) is 19.5 Å². The third-order valence-electron chi connectivity index (χ3n) is 4.33. The topological polar surface area (TPSA) is 70.5 Å². The van der Waals surface area contributed by atoms with Crippen LogP contribution in [0.5, 0.6) is 0 Å². The minimum Gasteiger partial charge on any atom is -0.399 e. The molecule has 0 aliphatic heterocycles. The van der Waals surface area contributed by atoms with Crippen LogP contribution in [0.4, 0.5) is 11.4 Å². The summed E-state index contributed by atoms with van der Waals surface area (Å²) in [5.74, 6) is -0.635. The molecule has 0 spiro atoms. The van der Waals surface area contributed by atoms with Crippen molar-refractivity contribution in [3.05, 3.63) is 48.0 Å². The van der Waals surface area contributed by atoms with Crippen molar-refractivity contribution in [3.8, 4) is 11.1 Å². The summed E-state index contributed by atoms with van der Waals surface area (Å²) in [4.78, 5) is 0. The number of hydrogen-bond donors (Lipinski definition) is 2. The maximum atomic E-state index is 6.21. The average Bonchev–Trinajstić information content (AvgIpc) is 2.61. The van der Waals surface area contributed by atoms with E-state index in [2.05, 4.69) is 19.9 Å². The molecule has 130 valence electrons. The van der Waals surface area contributed by atoms with Gasteiger partial charge in [0.05, 0.1) is 0 Å². The van der Waals surface area contributed by atoms with Crippen molar-refractivity contribution in [1.29, 1.82) is 0 Å². The molecule has 4 N–H and O–H groups in total. The van der Waals surface area contributed by atoms with E-state index < -0.39 is 5.79 Å². The number of hydrogen-bond acceptors (Lipinski definition) is 4. The molecule has 0 aliphatic carbocycles. The van der Waals surface area contributed by atoms with Crippen molar-refractivity contribution in [3.63, 3.8) is 0 Å². The molecule has 0 fully saturated rings. The summed E-state index contributed by atoms with van der Waals surface area (Å²) >= 11 is 0. The van der Waals surface area contributed by atoms with Gasteiger partial charge in [0.1, 0.15) is 0 Å². The molecule has 1 atom stereocenters. The highest BCUT2D eigenvalue weighted by atomic mass is 16.7. The summed E-state index contributed by atoms with van der Waals surface area (Å²) in [6.45, 7) is 4.82. The van der Waals surface area contributed by atoms with E-state index >= 15 is 0 Å². The van der Waals surface area contributed by atoms with E-state index in [1.165, 1.54) is 0 Å². The highest BCUT2D eigenvalue weighted by Gasteiger charge is 2.29. The second kappa shape index (κ2) is 8.18. The zero-order chi connectivity index (χ0) is 17.6. The van der Waals surface area contributed by atoms with Gasteiger partial charge in [-0.15, -0.1) is 0 Å². The highest BCUT2D eigenvalue weighted by molar-refractivity contribution is 5.69. The smallest absolute Gasteiger partial charge is 0.171 e. The van der Waals surface area contributed by atoms with Gasteiger partial charge in [-0.1, -0.05) is 32.0 Å². The molecule has 1 unspecified atom stereocenters. The second-order valence-electron chi connectivity index (χ2n) is 6.03. The fraction of sp³-hybridized carbons (Fsp3) is 0.400. The fourth-order valence-corrected chi connectivity index (χ4v) is 2.75. The summed E-state index contributed by atoms with van der Waals surface area (Å²) in [5, 5.41) is 0. The maximum Gasteiger partial charge on any atom is 0.171 e. The predicted molar refractivity (Wildman–Crippen MR) is 101 cm³/mol. The van der Waals surface area contributed by atoms with E-state index in [9.17, 15) is 0 Å². The summed E-state index contributed by atoms with van der Waals surface area (Å²) in [6, 6.07) is 13.9. The van der Waals surface area contributed by atoms with Gasteiger partial charge in [-0.25, -0.2) is 0 Å². The molecule has 0 saturated heterocycles. The van der Waals surface area contributed by atoms with Gasteiger partial charge >= 0.3 is 0 Å². The third kappa shape index (κ3) is 4.28. The second-order valence-corrected chi connectivity index (χ2v) is 6.03. The normalized spacial score (nSPS) is 13.6. The van der Waals surface area contributed by atoms with E-state index in [0.29, 0.717) is 13.0 Å². The molecule has 4 heteroatoms. The monoisotopic (exact) mass is 328 g/mol. The lowest BCUT2D eigenvalue weighted by molar-refractivity contribution is -0.223. The zero-order valence-corrected chi connectivity index (χ0v) is 14.8.